The van der Waals surface area contributed by atoms with Crippen LogP contribution in [0.4, 0.5) is 5.69 Å². The summed E-state index contributed by atoms with van der Waals surface area (Å²) in [5.41, 5.74) is 0.967. The van der Waals surface area contributed by atoms with Crippen LogP contribution in [0.15, 0.2) is 46.0 Å². The number of nitrogens with zero attached hydrogens (tertiary/aromatic N) is 3. The van der Waals surface area contributed by atoms with Gasteiger partial charge in [-0.25, -0.2) is 8.42 Å². The van der Waals surface area contributed by atoms with Crippen molar-refractivity contribution in [1.82, 2.24) is 9.21 Å². The minimum Gasteiger partial charge on any atom is -0.508 e. The highest BCUT2D eigenvalue weighted by molar-refractivity contribution is 7.91. The number of ketones is 1. The van der Waals surface area contributed by atoms with Crippen LogP contribution < -0.4 is 4.90 Å². The first-order valence-electron chi connectivity index (χ1n) is 9.77. The molecule has 1 aromatic heterocycles. The summed E-state index contributed by atoms with van der Waals surface area (Å²) < 4.78 is 28.0. The molecule has 0 saturated carbocycles. The van der Waals surface area contributed by atoms with Crippen LogP contribution in [0.25, 0.3) is 0 Å². The van der Waals surface area contributed by atoms with Gasteiger partial charge >= 0.3 is 0 Å². The minimum absolute atomic E-state index is 0.0313. The van der Waals surface area contributed by atoms with E-state index >= 15 is 0 Å². The molecule has 0 amide bonds. The molecule has 2 fully saturated rings. The third-order valence-electron chi connectivity index (χ3n) is 5.60. The SMILES string of the molecule is O=C1CCN(C[C@H]2CN(S(=O)(=O)c3cccs3)CCN2c2ccc(O)cc2)CC1. The first kappa shape index (κ1) is 20.3. The maximum atomic E-state index is 13.0. The van der Waals surface area contributed by atoms with Gasteiger partial charge in [-0.1, -0.05) is 6.07 Å². The van der Waals surface area contributed by atoms with Crippen LogP contribution >= 0.6 is 11.3 Å². The van der Waals surface area contributed by atoms with Gasteiger partial charge < -0.3 is 14.9 Å². The summed E-state index contributed by atoms with van der Waals surface area (Å²) in [4.78, 5) is 16.1. The van der Waals surface area contributed by atoms with Crippen LogP contribution in [0.5, 0.6) is 5.75 Å². The van der Waals surface area contributed by atoms with Gasteiger partial charge in [-0.05, 0) is 35.7 Å². The fourth-order valence-electron chi connectivity index (χ4n) is 4.01. The number of rotatable bonds is 5. The Morgan fingerprint density at radius 3 is 2.41 bits per heavy atom. The van der Waals surface area contributed by atoms with Gasteiger partial charge in [0.05, 0.1) is 6.04 Å². The van der Waals surface area contributed by atoms with Crippen molar-refractivity contribution in [1.29, 1.82) is 0 Å². The number of benzene rings is 1. The molecule has 0 spiro atoms. The number of hydrogen-bond acceptors (Lipinski definition) is 7. The Hall–Kier alpha value is -1.94. The maximum absolute atomic E-state index is 13.0. The van der Waals surface area contributed by atoms with Gasteiger partial charge in [0.25, 0.3) is 10.0 Å². The van der Waals surface area contributed by atoms with Gasteiger partial charge in [0.1, 0.15) is 15.7 Å². The number of phenols is 1. The van der Waals surface area contributed by atoms with Gasteiger partial charge in [0, 0.05) is 57.8 Å². The highest BCUT2D eigenvalue weighted by Crippen LogP contribution is 2.28. The minimum atomic E-state index is -3.50. The number of phenolic OH excluding ortho intramolecular Hbond substituents is 1. The van der Waals surface area contributed by atoms with Gasteiger partial charge in [-0.2, -0.15) is 4.31 Å². The molecule has 0 bridgehead atoms. The van der Waals surface area contributed by atoms with E-state index in [1.54, 1.807) is 34.0 Å². The van der Waals surface area contributed by atoms with E-state index in [0.717, 1.165) is 18.8 Å². The predicted octanol–water partition coefficient (Wildman–Crippen LogP) is 2.00. The second kappa shape index (κ2) is 8.43. The molecule has 1 aromatic carbocycles. The number of carbonyl (C=O) groups is 1. The number of carbonyl (C=O) groups excluding carboxylic acids is 1. The van der Waals surface area contributed by atoms with Gasteiger partial charge in [-0.3, -0.25) is 4.79 Å². The Balaban J connectivity index is 1.56. The number of anilines is 1. The van der Waals surface area contributed by atoms with Crippen LogP contribution in [0.1, 0.15) is 12.8 Å². The summed E-state index contributed by atoms with van der Waals surface area (Å²) >= 11 is 1.24. The average molecular weight is 436 g/mol. The summed E-state index contributed by atoms with van der Waals surface area (Å²) in [6.07, 6.45) is 1.12. The number of Topliss-reactive ketones (excluding diaryl/α,β-unsaturated/α-hetero) is 1. The van der Waals surface area contributed by atoms with Gasteiger partial charge in [0.15, 0.2) is 0 Å². The lowest BCUT2D eigenvalue weighted by Gasteiger charge is -2.44. The molecule has 4 rings (SSSR count). The average Bonchev–Trinajstić information content (AvgIpc) is 3.26. The van der Waals surface area contributed by atoms with E-state index in [4.69, 9.17) is 0 Å². The number of sulfonamides is 1. The molecule has 2 aromatic rings. The summed E-state index contributed by atoms with van der Waals surface area (Å²) in [6, 6.07) is 10.4. The smallest absolute Gasteiger partial charge is 0.252 e. The number of piperidine rings is 1. The number of aromatic hydroxyl groups is 1. The van der Waals surface area contributed by atoms with E-state index in [1.165, 1.54) is 11.3 Å². The van der Waals surface area contributed by atoms with Gasteiger partial charge in [0.2, 0.25) is 0 Å². The molecular formula is C20H25N3O4S2. The summed E-state index contributed by atoms with van der Waals surface area (Å²) in [5, 5.41) is 11.4. The Morgan fingerprint density at radius 1 is 1.03 bits per heavy atom. The fraction of sp³-hybridized carbons (Fsp3) is 0.450. The maximum Gasteiger partial charge on any atom is 0.252 e. The van der Waals surface area contributed by atoms with Crippen LogP contribution in [-0.2, 0) is 14.8 Å². The normalized spacial score (nSPS) is 22.1. The molecule has 2 aliphatic heterocycles. The van der Waals surface area contributed by atoms with Crippen molar-refractivity contribution in [3.05, 3.63) is 41.8 Å². The van der Waals surface area contributed by atoms with Crippen LogP contribution in [0, 0.1) is 0 Å². The standard InChI is InChI=1S/C20H25N3O4S2/c24-18-5-3-16(4-6-18)23-12-11-22(29(26,27)20-2-1-13-28-20)15-17(23)14-21-9-7-19(25)8-10-21/h1-6,13,17,24H,7-12,14-15H2/t17-/m0/s1. The second-order valence-electron chi connectivity index (χ2n) is 7.50. The monoisotopic (exact) mass is 435 g/mol. The quantitative estimate of drug-likeness (QED) is 0.774. The first-order chi connectivity index (χ1) is 13.9. The molecule has 0 unspecified atom stereocenters. The Labute approximate surface area is 175 Å². The fourth-order valence-corrected chi connectivity index (χ4v) is 6.62. The topological polar surface area (TPSA) is 81.2 Å². The number of likely N-dealkylation sites (tertiary alicyclic amines) is 1. The van der Waals surface area contributed by atoms with Gasteiger partial charge in [-0.15, -0.1) is 11.3 Å². The third kappa shape index (κ3) is 4.48. The van der Waals surface area contributed by atoms with Crippen LogP contribution in [0.2, 0.25) is 0 Å². The summed E-state index contributed by atoms with van der Waals surface area (Å²) in [6.45, 7) is 3.52. The van der Waals surface area contributed by atoms with E-state index in [2.05, 4.69) is 9.80 Å². The van der Waals surface area contributed by atoms with E-state index < -0.39 is 10.0 Å². The lowest BCUT2D eigenvalue weighted by molar-refractivity contribution is -0.121. The zero-order valence-electron chi connectivity index (χ0n) is 16.1. The molecule has 0 aliphatic carbocycles. The van der Waals surface area contributed by atoms with Crippen molar-refractivity contribution in [3.8, 4) is 5.75 Å². The lowest BCUT2D eigenvalue weighted by atomic mass is 10.1. The molecule has 1 N–H and O–H groups in total. The predicted molar refractivity (Wildman–Crippen MR) is 113 cm³/mol. The molecule has 29 heavy (non-hydrogen) atoms. The molecule has 2 aliphatic rings. The first-order valence-corrected chi connectivity index (χ1v) is 12.1. The van der Waals surface area contributed by atoms with Crippen molar-refractivity contribution in [3.63, 3.8) is 0 Å². The zero-order valence-corrected chi connectivity index (χ0v) is 17.7. The Kier molecular flexibility index (Phi) is 5.91. The highest BCUT2D eigenvalue weighted by Gasteiger charge is 2.36. The molecule has 1 atom stereocenters. The third-order valence-corrected chi connectivity index (χ3v) is 8.84. The van der Waals surface area contributed by atoms with Crippen molar-refractivity contribution >= 4 is 32.8 Å². The summed E-state index contributed by atoms with van der Waals surface area (Å²) in [7, 11) is -3.50. The number of hydrogen-bond donors (Lipinski definition) is 1. The Morgan fingerprint density at radius 2 is 1.76 bits per heavy atom. The molecular weight excluding hydrogens is 410 g/mol. The lowest BCUT2D eigenvalue weighted by Crippen LogP contribution is -2.58. The van der Waals surface area contributed by atoms with Crippen molar-refractivity contribution in [2.45, 2.75) is 23.1 Å². The van der Waals surface area contributed by atoms with Crippen LogP contribution in [-0.4, -0.2) is 73.8 Å². The van der Waals surface area contributed by atoms with E-state index in [1.807, 2.05) is 12.1 Å². The number of piperazine rings is 1. The van der Waals surface area contributed by atoms with Crippen molar-refractivity contribution < 1.29 is 18.3 Å². The molecule has 156 valence electrons. The Bertz CT molecular complexity index is 935. The number of thiophene rings is 1. The zero-order chi connectivity index (χ0) is 20.4. The van der Waals surface area contributed by atoms with Crippen LogP contribution in [0.3, 0.4) is 0 Å². The molecule has 2 saturated heterocycles. The molecule has 3 heterocycles. The summed E-state index contributed by atoms with van der Waals surface area (Å²) in [5.74, 6) is 0.501. The van der Waals surface area contributed by atoms with Crippen molar-refractivity contribution in [2.75, 3.05) is 44.2 Å². The molecule has 7 nitrogen and oxygen atoms in total. The van der Waals surface area contributed by atoms with E-state index in [9.17, 15) is 18.3 Å². The molecule has 0 radical (unpaired) electrons. The van der Waals surface area contributed by atoms with E-state index in [0.29, 0.717) is 49.0 Å². The largest absolute Gasteiger partial charge is 0.508 e. The molecule has 9 heteroatoms. The second-order valence-corrected chi connectivity index (χ2v) is 10.6. The highest BCUT2D eigenvalue weighted by atomic mass is 32.2. The van der Waals surface area contributed by atoms with Crippen molar-refractivity contribution in [2.24, 2.45) is 0 Å². The van der Waals surface area contributed by atoms with E-state index in [-0.39, 0.29) is 11.8 Å².